The Balaban J connectivity index is 1.56. The van der Waals surface area contributed by atoms with Crippen molar-refractivity contribution in [1.29, 1.82) is 0 Å². The quantitative estimate of drug-likeness (QED) is 0.189. The zero-order chi connectivity index (χ0) is 26.6. The topological polar surface area (TPSA) is 103 Å². The highest BCUT2D eigenvalue weighted by Crippen LogP contribution is 2.26. The summed E-state index contributed by atoms with van der Waals surface area (Å²) in [6, 6.07) is 19.8. The monoisotopic (exact) mass is 519 g/mol. The summed E-state index contributed by atoms with van der Waals surface area (Å²) in [7, 11) is -3.92. The van der Waals surface area contributed by atoms with Crippen molar-refractivity contribution < 1.29 is 22.4 Å². The Hall–Kier alpha value is -3.75. The molecule has 0 saturated heterocycles. The van der Waals surface area contributed by atoms with Crippen LogP contribution in [-0.2, 0) is 21.2 Å². The van der Waals surface area contributed by atoms with Crippen molar-refractivity contribution in [2.45, 2.75) is 51.0 Å². The van der Waals surface area contributed by atoms with Gasteiger partial charge in [0.25, 0.3) is 0 Å². The maximum Gasteiger partial charge on any atom is 0.340 e. The van der Waals surface area contributed by atoms with E-state index in [1.54, 1.807) is 24.3 Å². The van der Waals surface area contributed by atoms with Crippen molar-refractivity contribution in [3.8, 4) is 5.75 Å². The number of nitrogens with one attached hydrogen (secondary N) is 1. The molecule has 192 valence electrons. The second kappa shape index (κ2) is 11.1. The van der Waals surface area contributed by atoms with Gasteiger partial charge in [0, 0.05) is 23.4 Å². The van der Waals surface area contributed by atoms with Crippen molar-refractivity contribution in [3.63, 3.8) is 0 Å². The molecule has 1 heterocycles. The van der Waals surface area contributed by atoms with E-state index in [1.165, 1.54) is 18.2 Å². The Bertz CT molecular complexity index is 1580. The van der Waals surface area contributed by atoms with Gasteiger partial charge >= 0.3 is 11.6 Å². The largest absolute Gasteiger partial charge is 0.425 e. The number of sulfonamides is 1. The van der Waals surface area contributed by atoms with Crippen LogP contribution in [0, 0.1) is 13.8 Å². The Kier molecular flexibility index (Phi) is 7.90. The van der Waals surface area contributed by atoms with Crippen LogP contribution in [0.15, 0.2) is 86.9 Å². The van der Waals surface area contributed by atoms with Crippen LogP contribution in [0.5, 0.6) is 5.75 Å². The SMILES string of the molecule is CCCC(NS(=O)(=O)c1ccc(C)cc1)C(=O)Oc1ccc2c(C)c(Cc3ccccc3)c(=O)oc2c1. The summed E-state index contributed by atoms with van der Waals surface area (Å²) >= 11 is 0. The number of carbonyl (C=O) groups is 1. The zero-order valence-electron chi connectivity index (χ0n) is 21.0. The van der Waals surface area contributed by atoms with Crippen LogP contribution in [0.3, 0.4) is 0 Å². The molecule has 0 radical (unpaired) electrons. The molecule has 4 aromatic rings. The first kappa shape index (κ1) is 26.3. The third-order valence-corrected chi connectivity index (χ3v) is 7.68. The van der Waals surface area contributed by atoms with Gasteiger partial charge in [-0.2, -0.15) is 4.72 Å². The molecule has 0 bridgehead atoms. The van der Waals surface area contributed by atoms with E-state index in [4.69, 9.17) is 9.15 Å². The lowest BCUT2D eigenvalue weighted by molar-refractivity contribution is -0.136. The predicted octanol–water partition coefficient (Wildman–Crippen LogP) is 5.05. The fraction of sp³-hybridized carbons (Fsp3) is 0.241. The van der Waals surface area contributed by atoms with Crippen LogP contribution in [0.1, 0.15) is 42.0 Å². The summed E-state index contributed by atoms with van der Waals surface area (Å²) in [5.41, 5.74) is 3.12. The molecule has 7 nitrogen and oxygen atoms in total. The fourth-order valence-electron chi connectivity index (χ4n) is 4.12. The van der Waals surface area contributed by atoms with Gasteiger partial charge in [-0.15, -0.1) is 0 Å². The van der Waals surface area contributed by atoms with E-state index in [1.807, 2.05) is 51.1 Å². The van der Waals surface area contributed by atoms with Crippen molar-refractivity contribution in [2.24, 2.45) is 0 Å². The standard InChI is InChI=1S/C29H29NO6S/c1-4-8-26(30-37(33,34)23-14-11-19(2)12-15-23)29(32)35-22-13-16-24-20(3)25(28(31)36-27(24)18-22)17-21-9-6-5-7-10-21/h5-7,9-16,18,26,30H,4,8,17H2,1-3H3. The second-order valence-electron chi connectivity index (χ2n) is 9.01. The fourth-order valence-corrected chi connectivity index (χ4v) is 5.33. The summed E-state index contributed by atoms with van der Waals surface area (Å²) in [5.74, 6) is -0.580. The molecule has 0 spiro atoms. The van der Waals surface area contributed by atoms with Gasteiger partial charge in [0.15, 0.2) is 0 Å². The third-order valence-electron chi connectivity index (χ3n) is 6.19. The van der Waals surface area contributed by atoms with Crippen LogP contribution in [0.25, 0.3) is 11.0 Å². The van der Waals surface area contributed by atoms with Gasteiger partial charge in [0.1, 0.15) is 17.4 Å². The average Bonchev–Trinajstić information content (AvgIpc) is 2.87. The van der Waals surface area contributed by atoms with E-state index >= 15 is 0 Å². The molecular weight excluding hydrogens is 490 g/mol. The number of esters is 1. The normalized spacial score (nSPS) is 12.4. The van der Waals surface area contributed by atoms with E-state index in [9.17, 15) is 18.0 Å². The summed E-state index contributed by atoms with van der Waals surface area (Å²) in [5, 5.41) is 0.732. The molecule has 0 saturated carbocycles. The summed E-state index contributed by atoms with van der Waals surface area (Å²) < 4.78 is 39.2. The summed E-state index contributed by atoms with van der Waals surface area (Å²) in [4.78, 5) is 25.8. The van der Waals surface area contributed by atoms with Gasteiger partial charge in [0.2, 0.25) is 10.0 Å². The number of carbonyl (C=O) groups excluding carboxylic acids is 1. The molecule has 1 aromatic heterocycles. The molecule has 0 aliphatic rings. The van der Waals surface area contributed by atoms with Gasteiger partial charge in [-0.25, -0.2) is 18.0 Å². The van der Waals surface area contributed by atoms with Crippen LogP contribution >= 0.6 is 0 Å². The maximum atomic E-state index is 13.0. The van der Waals surface area contributed by atoms with Crippen LogP contribution in [0.4, 0.5) is 0 Å². The second-order valence-corrected chi connectivity index (χ2v) is 10.7. The molecule has 0 fully saturated rings. The van der Waals surface area contributed by atoms with Crippen LogP contribution in [-0.4, -0.2) is 20.4 Å². The first-order valence-corrected chi connectivity index (χ1v) is 13.6. The van der Waals surface area contributed by atoms with Gasteiger partial charge in [-0.1, -0.05) is 61.4 Å². The van der Waals surface area contributed by atoms with Gasteiger partial charge in [-0.3, -0.25) is 0 Å². The minimum absolute atomic E-state index is 0.0706. The smallest absolute Gasteiger partial charge is 0.340 e. The van der Waals surface area contributed by atoms with Gasteiger partial charge in [-0.05, 0) is 55.7 Å². The predicted molar refractivity (Wildman–Crippen MR) is 142 cm³/mol. The molecule has 8 heteroatoms. The minimum atomic E-state index is -3.92. The van der Waals surface area contributed by atoms with Crippen molar-refractivity contribution in [2.75, 3.05) is 0 Å². The van der Waals surface area contributed by atoms with Crippen LogP contribution < -0.4 is 15.1 Å². The average molecular weight is 520 g/mol. The number of hydrogen-bond donors (Lipinski definition) is 1. The first-order valence-electron chi connectivity index (χ1n) is 12.1. The van der Waals surface area contributed by atoms with E-state index in [0.717, 1.165) is 22.1 Å². The highest BCUT2D eigenvalue weighted by Gasteiger charge is 2.27. The molecule has 0 aliphatic heterocycles. The Morgan fingerprint density at radius 2 is 1.70 bits per heavy atom. The lowest BCUT2D eigenvalue weighted by Crippen LogP contribution is -2.42. The number of aryl methyl sites for hydroxylation is 2. The Morgan fingerprint density at radius 1 is 1.00 bits per heavy atom. The van der Waals surface area contributed by atoms with Crippen LogP contribution in [0.2, 0.25) is 0 Å². The molecule has 0 aliphatic carbocycles. The van der Waals surface area contributed by atoms with E-state index in [2.05, 4.69) is 4.72 Å². The number of benzene rings is 3. The van der Waals surface area contributed by atoms with Gasteiger partial charge < -0.3 is 9.15 Å². The molecule has 0 amide bonds. The van der Waals surface area contributed by atoms with Gasteiger partial charge in [0.05, 0.1) is 4.90 Å². The molecule has 4 rings (SSSR count). The molecular formula is C29H29NO6S. The van der Waals surface area contributed by atoms with E-state index in [-0.39, 0.29) is 22.6 Å². The molecule has 1 unspecified atom stereocenters. The minimum Gasteiger partial charge on any atom is -0.425 e. The third kappa shape index (κ3) is 6.15. The van der Waals surface area contributed by atoms with E-state index < -0.39 is 27.7 Å². The van der Waals surface area contributed by atoms with E-state index in [0.29, 0.717) is 18.4 Å². The zero-order valence-corrected chi connectivity index (χ0v) is 21.8. The maximum absolute atomic E-state index is 13.0. The number of rotatable bonds is 9. The highest BCUT2D eigenvalue weighted by atomic mass is 32.2. The molecule has 1 N–H and O–H groups in total. The number of fused-ring (bicyclic) bond motifs is 1. The lowest BCUT2D eigenvalue weighted by atomic mass is 10.00. The highest BCUT2D eigenvalue weighted by molar-refractivity contribution is 7.89. The first-order chi connectivity index (χ1) is 17.7. The van der Waals surface area contributed by atoms with Crippen molar-refractivity contribution in [3.05, 3.63) is 105 Å². The number of ether oxygens (including phenoxy) is 1. The Morgan fingerprint density at radius 3 is 2.38 bits per heavy atom. The molecule has 37 heavy (non-hydrogen) atoms. The Labute approximate surface area is 216 Å². The molecule has 3 aromatic carbocycles. The summed E-state index contributed by atoms with van der Waals surface area (Å²) in [6.07, 6.45) is 1.27. The molecule has 1 atom stereocenters. The summed E-state index contributed by atoms with van der Waals surface area (Å²) in [6.45, 7) is 5.57. The lowest BCUT2D eigenvalue weighted by Gasteiger charge is -2.17. The van der Waals surface area contributed by atoms with Crippen molar-refractivity contribution in [1.82, 2.24) is 4.72 Å². The van der Waals surface area contributed by atoms with Crippen molar-refractivity contribution >= 4 is 27.0 Å². The number of hydrogen-bond acceptors (Lipinski definition) is 6.